The predicted molar refractivity (Wildman–Crippen MR) is 200 cm³/mol. The van der Waals surface area contributed by atoms with Gasteiger partial charge in [0, 0.05) is 18.9 Å². The molecule has 0 aromatic carbocycles. The van der Waals surface area contributed by atoms with Crippen molar-refractivity contribution in [3.8, 4) is 0 Å². The lowest BCUT2D eigenvalue weighted by atomic mass is 9.98. The summed E-state index contributed by atoms with van der Waals surface area (Å²) in [4.78, 5) is 2.33. The van der Waals surface area contributed by atoms with Crippen LogP contribution in [0.15, 0.2) is 24.3 Å². The van der Waals surface area contributed by atoms with Crippen LogP contribution >= 0.6 is 0 Å². The molecule has 3 nitrogen and oxygen atoms in total. The van der Waals surface area contributed by atoms with Crippen LogP contribution < -0.4 is 0 Å². The highest BCUT2D eigenvalue weighted by atomic mass is 16.7. The Morgan fingerprint density at radius 1 is 0.533 bits per heavy atom. The smallest absolute Gasteiger partial charge is 0.168 e. The van der Waals surface area contributed by atoms with Gasteiger partial charge in [0.05, 0.1) is 12.7 Å². The molecule has 0 aliphatic carbocycles. The van der Waals surface area contributed by atoms with Crippen LogP contribution in [-0.4, -0.2) is 43.5 Å². The molecule has 0 aromatic rings. The van der Waals surface area contributed by atoms with Crippen LogP contribution in [-0.2, 0) is 9.47 Å². The molecule has 1 aliphatic rings. The Balaban J connectivity index is 2.23. The lowest BCUT2D eigenvalue weighted by Gasteiger charge is -2.32. The molecule has 0 radical (unpaired) electrons. The van der Waals surface area contributed by atoms with E-state index in [9.17, 15) is 0 Å². The molecular formula is C42H81NO2. The van der Waals surface area contributed by atoms with Gasteiger partial charge in [-0.15, -0.1) is 0 Å². The Morgan fingerprint density at radius 3 is 1.24 bits per heavy atom. The molecule has 0 amide bonds. The Hall–Kier alpha value is -0.640. The van der Waals surface area contributed by atoms with Crippen LogP contribution in [0.4, 0.5) is 0 Å². The Bertz CT molecular complexity index is 632. The van der Waals surface area contributed by atoms with Gasteiger partial charge in [-0.3, -0.25) is 0 Å². The van der Waals surface area contributed by atoms with E-state index >= 15 is 0 Å². The quantitative estimate of drug-likeness (QED) is 0.0531. The average molecular weight is 632 g/mol. The van der Waals surface area contributed by atoms with Gasteiger partial charge in [-0.05, 0) is 84.7 Å². The van der Waals surface area contributed by atoms with Gasteiger partial charge in [-0.2, -0.15) is 0 Å². The Labute approximate surface area is 283 Å². The molecule has 0 bridgehead atoms. The standard InChI is InChI=1S/C42H81NO2/c1-6-9-11-13-15-17-19-21-23-25-27-29-31-33-35-37-42(44-39-41(45-42)40(8-3)43(4)5)38-36-34-32-30-28-26-24-22-20-18-16-14-12-10-7-2/h21-24,40-41H,6-20,25-39H2,1-5H3/b23-21-,24-22-/t40?,41-/m1/s1. The van der Waals surface area contributed by atoms with Crippen molar-refractivity contribution in [2.24, 2.45) is 0 Å². The van der Waals surface area contributed by atoms with Gasteiger partial charge in [0.15, 0.2) is 5.79 Å². The van der Waals surface area contributed by atoms with Crippen molar-refractivity contribution in [2.75, 3.05) is 20.7 Å². The summed E-state index contributed by atoms with van der Waals surface area (Å²) < 4.78 is 13.4. The first-order valence-electron chi connectivity index (χ1n) is 20.4. The van der Waals surface area contributed by atoms with Crippen molar-refractivity contribution < 1.29 is 9.47 Å². The Kier molecular flexibility index (Phi) is 28.9. The van der Waals surface area contributed by atoms with E-state index in [0.29, 0.717) is 6.04 Å². The molecular weight excluding hydrogens is 550 g/mol. The first kappa shape index (κ1) is 42.4. The molecule has 1 fully saturated rings. The minimum Gasteiger partial charge on any atom is -0.347 e. The maximum atomic E-state index is 6.82. The highest BCUT2D eigenvalue weighted by molar-refractivity contribution is 4.86. The molecule has 0 aromatic heterocycles. The predicted octanol–water partition coefficient (Wildman–Crippen LogP) is 13.5. The van der Waals surface area contributed by atoms with Gasteiger partial charge in [0.1, 0.15) is 0 Å². The van der Waals surface area contributed by atoms with E-state index in [0.717, 1.165) is 25.9 Å². The van der Waals surface area contributed by atoms with Crippen LogP contribution in [0, 0.1) is 0 Å². The van der Waals surface area contributed by atoms with Crippen molar-refractivity contribution in [2.45, 2.75) is 225 Å². The fraction of sp³-hybridized carbons (Fsp3) is 0.905. The highest BCUT2D eigenvalue weighted by Gasteiger charge is 2.43. The summed E-state index contributed by atoms with van der Waals surface area (Å²) >= 11 is 0. The number of allylic oxidation sites excluding steroid dienone is 4. The zero-order valence-corrected chi connectivity index (χ0v) is 31.4. The third kappa shape index (κ3) is 23.4. The van der Waals surface area contributed by atoms with Crippen molar-refractivity contribution in [1.29, 1.82) is 0 Å². The van der Waals surface area contributed by atoms with E-state index in [-0.39, 0.29) is 11.9 Å². The lowest BCUT2D eigenvalue weighted by Crippen LogP contribution is -2.41. The molecule has 1 aliphatic heterocycles. The van der Waals surface area contributed by atoms with E-state index in [1.54, 1.807) is 0 Å². The summed E-state index contributed by atoms with van der Waals surface area (Å²) in [6.45, 7) is 7.62. The molecule has 0 N–H and O–H groups in total. The second-order valence-corrected chi connectivity index (χ2v) is 14.5. The summed E-state index contributed by atoms with van der Waals surface area (Å²) in [6.07, 6.45) is 48.1. The number of rotatable bonds is 33. The molecule has 1 saturated heterocycles. The van der Waals surface area contributed by atoms with Gasteiger partial charge in [-0.25, -0.2) is 0 Å². The summed E-state index contributed by atoms with van der Waals surface area (Å²) in [5.41, 5.74) is 0. The fourth-order valence-electron chi connectivity index (χ4n) is 7.05. The zero-order chi connectivity index (χ0) is 32.7. The van der Waals surface area contributed by atoms with Gasteiger partial charge >= 0.3 is 0 Å². The van der Waals surface area contributed by atoms with Crippen LogP contribution in [0.25, 0.3) is 0 Å². The second kappa shape index (κ2) is 30.7. The maximum Gasteiger partial charge on any atom is 0.168 e. The summed E-state index contributed by atoms with van der Waals surface area (Å²) in [7, 11) is 4.37. The summed E-state index contributed by atoms with van der Waals surface area (Å²) in [5.74, 6) is -0.341. The molecule has 0 spiro atoms. The third-order valence-corrected chi connectivity index (χ3v) is 10.0. The van der Waals surface area contributed by atoms with E-state index in [1.807, 2.05) is 0 Å². The third-order valence-electron chi connectivity index (χ3n) is 10.0. The number of hydrogen-bond acceptors (Lipinski definition) is 3. The molecule has 2 atom stereocenters. The zero-order valence-electron chi connectivity index (χ0n) is 31.4. The lowest BCUT2D eigenvalue weighted by molar-refractivity contribution is -0.184. The SMILES string of the molecule is CCCCCCCC/C=C\CCCCCCCC1(CCCCCCC/C=C\CCCCCCCC)OC[C@H](C(CC)N(C)C)O1. The van der Waals surface area contributed by atoms with E-state index in [1.165, 1.54) is 167 Å². The number of nitrogens with zero attached hydrogens (tertiary/aromatic N) is 1. The first-order valence-corrected chi connectivity index (χ1v) is 20.4. The molecule has 266 valence electrons. The van der Waals surface area contributed by atoms with Gasteiger partial charge in [-0.1, -0.05) is 148 Å². The van der Waals surface area contributed by atoms with Gasteiger partial charge in [0.2, 0.25) is 0 Å². The summed E-state index contributed by atoms with van der Waals surface area (Å²) in [5, 5.41) is 0. The molecule has 3 heteroatoms. The van der Waals surface area contributed by atoms with E-state index in [2.05, 4.69) is 64.1 Å². The van der Waals surface area contributed by atoms with Crippen LogP contribution in [0.1, 0.15) is 207 Å². The molecule has 1 unspecified atom stereocenters. The fourth-order valence-corrected chi connectivity index (χ4v) is 7.05. The molecule has 1 heterocycles. The monoisotopic (exact) mass is 632 g/mol. The number of hydrogen-bond donors (Lipinski definition) is 0. The largest absolute Gasteiger partial charge is 0.347 e. The molecule has 45 heavy (non-hydrogen) atoms. The van der Waals surface area contributed by atoms with Crippen molar-refractivity contribution in [3.63, 3.8) is 0 Å². The van der Waals surface area contributed by atoms with Gasteiger partial charge in [0.25, 0.3) is 0 Å². The van der Waals surface area contributed by atoms with Crippen LogP contribution in [0.2, 0.25) is 0 Å². The van der Waals surface area contributed by atoms with E-state index < -0.39 is 0 Å². The minimum absolute atomic E-state index is 0.205. The van der Waals surface area contributed by atoms with Crippen molar-refractivity contribution in [1.82, 2.24) is 4.90 Å². The number of likely N-dealkylation sites (N-methyl/N-ethyl adjacent to an activating group) is 1. The molecule has 1 rings (SSSR count). The summed E-state index contributed by atoms with van der Waals surface area (Å²) in [6, 6.07) is 0.440. The first-order chi connectivity index (χ1) is 22.1. The van der Waals surface area contributed by atoms with E-state index in [4.69, 9.17) is 9.47 Å². The maximum absolute atomic E-state index is 6.82. The highest BCUT2D eigenvalue weighted by Crippen LogP contribution is 2.36. The number of ether oxygens (including phenoxy) is 2. The topological polar surface area (TPSA) is 21.7 Å². The van der Waals surface area contributed by atoms with Crippen LogP contribution in [0.5, 0.6) is 0 Å². The minimum atomic E-state index is -0.341. The number of unbranched alkanes of at least 4 members (excludes halogenated alkanes) is 22. The van der Waals surface area contributed by atoms with Crippen molar-refractivity contribution >= 4 is 0 Å². The normalized spacial score (nSPS) is 17.4. The molecule has 0 saturated carbocycles. The Morgan fingerprint density at radius 2 is 0.889 bits per heavy atom. The second-order valence-electron chi connectivity index (χ2n) is 14.5. The van der Waals surface area contributed by atoms with Crippen molar-refractivity contribution in [3.05, 3.63) is 24.3 Å². The van der Waals surface area contributed by atoms with Crippen LogP contribution in [0.3, 0.4) is 0 Å². The average Bonchev–Trinajstić information content (AvgIpc) is 3.44. The van der Waals surface area contributed by atoms with Gasteiger partial charge < -0.3 is 14.4 Å².